The molecule has 0 aliphatic heterocycles. The Bertz CT molecular complexity index is 74.1. The molecule has 1 atom stereocenters. The molecule has 0 heteroatoms. The lowest BCUT2D eigenvalue weighted by Crippen LogP contribution is -1.95. The quantitative estimate of drug-likeness (QED) is 0.539. The number of hydrogen-bond donors (Lipinski definition) is 0. The highest BCUT2D eigenvalue weighted by molar-refractivity contribution is 4.54. The molecule has 0 unspecified atom stereocenters. The molecule has 0 fully saturated rings. The molecule has 0 heterocycles. The van der Waals surface area contributed by atoms with Crippen molar-refractivity contribution >= 4 is 0 Å². The maximum atomic E-state index is 2.38. The van der Waals surface area contributed by atoms with E-state index in [9.17, 15) is 0 Å². The van der Waals surface area contributed by atoms with Crippen LogP contribution in [0.1, 0.15) is 59.8 Å². The van der Waals surface area contributed by atoms with Gasteiger partial charge in [0.1, 0.15) is 0 Å². The third-order valence-electron chi connectivity index (χ3n) is 2.26. The molecule has 0 saturated heterocycles. The Morgan fingerprint density at radius 1 is 0.909 bits per heavy atom. The van der Waals surface area contributed by atoms with Crippen molar-refractivity contribution in [1.29, 1.82) is 0 Å². The maximum absolute atomic E-state index is 2.38. The Morgan fingerprint density at radius 2 is 1.55 bits per heavy atom. The van der Waals surface area contributed by atoms with Crippen LogP contribution in [0.15, 0.2) is 0 Å². The highest BCUT2D eigenvalue weighted by Crippen LogP contribution is 2.15. The van der Waals surface area contributed by atoms with Gasteiger partial charge in [-0.1, -0.05) is 59.8 Å². The maximum Gasteiger partial charge on any atom is -0.0443 e. The molecule has 0 aromatic heterocycles. The summed E-state index contributed by atoms with van der Waals surface area (Å²) in [6.07, 6.45) is 7.04. The molecular formula is C11H24. The van der Waals surface area contributed by atoms with Crippen LogP contribution in [-0.4, -0.2) is 0 Å². The fourth-order valence-corrected chi connectivity index (χ4v) is 1.51. The van der Waals surface area contributed by atoms with E-state index < -0.39 is 0 Å². The summed E-state index contributed by atoms with van der Waals surface area (Å²) >= 11 is 0. The summed E-state index contributed by atoms with van der Waals surface area (Å²) in [5.74, 6) is 1.85. The molecule has 0 rings (SSSR count). The largest absolute Gasteiger partial charge is 0.0654 e. The van der Waals surface area contributed by atoms with E-state index in [-0.39, 0.29) is 0 Å². The highest BCUT2D eigenvalue weighted by atomic mass is 14.1. The number of hydrogen-bond acceptors (Lipinski definition) is 0. The Kier molecular flexibility index (Phi) is 6.69. The zero-order chi connectivity index (χ0) is 8.69. The van der Waals surface area contributed by atoms with Crippen molar-refractivity contribution in [3.8, 4) is 0 Å². The van der Waals surface area contributed by atoms with E-state index in [1.165, 1.54) is 32.1 Å². The van der Waals surface area contributed by atoms with Crippen LogP contribution in [0, 0.1) is 11.8 Å². The minimum Gasteiger partial charge on any atom is -0.0654 e. The van der Waals surface area contributed by atoms with Gasteiger partial charge in [-0.25, -0.2) is 0 Å². The molecule has 11 heavy (non-hydrogen) atoms. The zero-order valence-electron chi connectivity index (χ0n) is 8.69. The first-order valence-electron chi connectivity index (χ1n) is 5.16. The van der Waals surface area contributed by atoms with E-state index in [0.29, 0.717) is 0 Å². The smallest absolute Gasteiger partial charge is 0.0443 e. The van der Waals surface area contributed by atoms with Gasteiger partial charge >= 0.3 is 0 Å². The van der Waals surface area contributed by atoms with Crippen molar-refractivity contribution in [2.75, 3.05) is 0 Å². The van der Waals surface area contributed by atoms with E-state index in [1.807, 2.05) is 0 Å². The second-order valence-corrected chi connectivity index (χ2v) is 4.22. The van der Waals surface area contributed by atoms with Gasteiger partial charge in [-0.15, -0.1) is 0 Å². The predicted molar refractivity (Wildman–Crippen MR) is 52.8 cm³/mol. The minimum atomic E-state index is 0.892. The van der Waals surface area contributed by atoms with E-state index in [1.54, 1.807) is 0 Å². The predicted octanol–water partition coefficient (Wildman–Crippen LogP) is 4.25. The first-order valence-corrected chi connectivity index (χ1v) is 5.16. The number of rotatable bonds is 6. The van der Waals surface area contributed by atoms with Gasteiger partial charge in [-0.05, 0) is 11.8 Å². The SMILES string of the molecule is CCC[C@H](C)CCCC(C)C. The van der Waals surface area contributed by atoms with Crippen LogP contribution in [0.5, 0.6) is 0 Å². The molecule has 0 spiro atoms. The summed E-state index contributed by atoms with van der Waals surface area (Å²) in [5.41, 5.74) is 0. The van der Waals surface area contributed by atoms with E-state index in [2.05, 4.69) is 27.7 Å². The van der Waals surface area contributed by atoms with Crippen molar-refractivity contribution in [3.05, 3.63) is 0 Å². The minimum absolute atomic E-state index is 0.892. The first kappa shape index (κ1) is 11.0. The molecule has 0 saturated carbocycles. The third-order valence-corrected chi connectivity index (χ3v) is 2.26. The summed E-state index contributed by atoms with van der Waals surface area (Å²) in [6, 6.07) is 0. The van der Waals surface area contributed by atoms with Gasteiger partial charge in [-0.3, -0.25) is 0 Å². The van der Waals surface area contributed by atoms with E-state index >= 15 is 0 Å². The van der Waals surface area contributed by atoms with Crippen LogP contribution in [0.25, 0.3) is 0 Å². The van der Waals surface area contributed by atoms with Crippen molar-refractivity contribution in [2.24, 2.45) is 11.8 Å². The zero-order valence-corrected chi connectivity index (χ0v) is 8.69. The molecule has 0 aliphatic rings. The summed E-state index contributed by atoms with van der Waals surface area (Å²) < 4.78 is 0. The van der Waals surface area contributed by atoms with Gasteiger partial charge in [0.2, 0.25) is 0 Å². The standard InChI is InChI=1S/C11H24/c1-5-7-11(4)9-6-8-10(2)3/h10-11H,5-9H2,1-4H3/t11-/m0/s1. The van der Waals surface area contributed by atoms with Crippen LogP contribution < -0.4 is 0 Å². The average molecular weight is 156 g/mol. The Labute approximate surface area is 72.4 Å². The second kappa shape index (κ2) is 6.69. The summed E-state index contributed by atoms with van der Waals surface area (Å²) in [7, 11) is 0. The average Bonchev–Trinajstić information content (AvgIpc) is 1.87. The molecule has 0 aromatic carbocycles. The van der Waals surface area contributed by atoms with Crippen molar-refractivity contribution in [1.82, 2.24) is 0 Å². The summed E-state index contributed by atoms with van der Waals surface area (Å²) in [6.45, 7) is 9.28. The third kappa shape index (κ3) is 7.90. The molecule has 0 aromatic rings. The van der Waals surface area contributed by atoms with Crippen LogP contribution in [0.2, 0.25) is 0 Å². The van der Waals surface area contributed by atoms with Crippen molar-refractivity contribution in [3.63, 3.8) is 0 Å². The summed E-state index contributed by atoms with van der Waals surface area (Å²) in [4.78, 5) is 0. The lowest BCUT2D eigenvalue weighted by Gasteiger charge is -2.10. The molecule has 0 radical (unpaired) electrons. The Morgan fingerprint density at radius 3 is 2.00 bits per heavy atom. The molecule has 0 amide bonds. The molecule has 0 bridgehead atoms. The lowest BCUT2D eigenvalue weighted by molar-refractivity contribution is 0.433. The fraction of sp³-hybridized carbons (Fsp3) is 1.00. The van der Waals surface area contributed by atoms with E-state index in [0.717, 1.165) is 11.8 Å². The molecular weight excluding hydrogens is 132 g/mol. The second-order valence-electron chi connectivity index (χ2n) is 4.22. The van der Waals surface area contributed by atoms with Crippen molar-refractivity contribution < 1.29 is 0 Å². The van der Waals surface area contributed by atoms with Crippen LogP contribution >= 0.6 is 0 Å². The molecule has 68 valence electrons. The normalized spacial score (nSPS) is 13.9. The van der Waals surface area contributed by atoms with Gasteiger partial charge < -0.3 is 0 Å². The van der Waals surface area contributed by atoms with Crippen LogP contribution in [0.3, 0.4) is 0 Å². The monoisotopic (exact) mass is 156 g/mol. The van der Waals surface area contributed by atoms with Crippen LogP contribution in [0.4, 0.5) is 0 Å². The molecule has 0 aliphatic carbocycles. The Hall–Kier alpha value is 0. The van der Waals surface area contributed by atoms with Crippen LogP contribution in [-0.2, 0) is 0 Å². The fourth-order valence-electron chi connectivity index (χ4n) is 1.51. The lowest BCUT2D eigenvalue weighted by atomic mass is 9.96. The van der Waals surface area contributed by atoms with E-state index in [4.69, 9.17) is 0 Å². The topological polar surface area (TPSA) is 0 Å². The summed E-state index contributed by atoms with van der Waals surface area (Å²) in [5, 5.41) is 0. The van der Waals surface area contributed by atoms with Gasteiger partial charge in [0.15, 0.2) is 0 Å². The van der Waals surface area contributed by atoms with Gasteiger partial charge in [0, 0.05) is 0 Å². The molecule has 0 nitrogen and oxygen atoms in total. The highest BCUT2D eigenvalue weighted by Gasteiger charge is 2.00. The molecule has 0 N–H and O–H groups in total. The van der Waals surface area contributed by atoms with Gasteiger partial charge in [0.25, 0.3) is 0 Å². The van der Waals surface area contributed by atoms with Crippen molar-refractivity contribution in [2.45, 2.75) is 59.8 Å². The first-order chi connectivity index (χ1) is 5.16. The van der Waals surface area contributed by atoms with Gasteiger partial charge in [-0.2, -0.15) is 0 Å². The van der Waals surface area contributed by atoms with Gasteiger partial charge in [0.05, 0.1) is 0 Å². The Balaban J connectivity index is 3.10.